The van der Waals surface area contributed by atoms with Crippen molar-refractivity contribution in [2.45, 2.75) is 96.7 Å². The first-order valence-corrected chi connectivity index (χ1v) is 8.97. The van der Waals surface area contributed by atoms with Crippen LogP contribution in [-0.2, 0) is 0 Å². The molecule has 0 unspecified atom stereocenters. The molecule has 0 atom stereocenters. The third-order valence-corrected chi connectivity index (χ3v) is 6.37. The van der Waals surface area contributed by atoms with Gasteiger partial charge in [-0.05, 0) is 37.5 Å². The van der Waals surface area contributed by atoms with Crippen LogP contribution in [-0.4, -0.2) is 16.0 Å². The van der Waals surface area contributed by atoms with E-state index in [2.05, 4.69) is 13.8 Å². The summed E-state index contributed by atoms with van der Waals surface area (Å²) in [7, 11) is 0. The Morgan fingerprint density at radius 1 is 0.800 bits per heavy atom. The second-order valence-electron chi connectivity index (χ2n) is 7.52. The monoisotopic (exact) mass is 282 g/mol. The van der Waals surface area contributed by atoms with Crippen LogP contribution >= 0.6 is 0 Å². The Hall–Kier alpha value is -0.0800. The largest absolute Gasteiger partial charge is 0.365 e. The quantitative estimate of drug-likeness (QED) is 0.721. The predicted molar refractivity (Wildman–Crippen MR) is 83.3 cm³/mol. The molecule has 0 aromatic heterocycles. The lowest BCUT2D eigenvalue weighted by Gasteiger charge is -2.53. The Balaban J connectivity index is 2.25. The summed E-state index contributed by atoms with van der Waals surface area (Å²) < 4.78 is 0. The highest BCUT2D eigenvalue weighted by atomic mass is 16.5. The molecule has 0 spiro atoms. The van der Waals surface area contributed by atoms with E-state index in [1.807, 2.05) is 0 Å². The molecule has 2 heteroatoms. The summed E-state index contributed by atoms with van der Waals surface area (Å²) in [5.74, 6) is -0.479. The fraction of sp³-hybridized carbons (Fsp3) is 1.00. The van der Waals surface area contributed by atoms with E-state index in [-0.39, 0.29) is 5.41 Å². The van der Waals surface area contributed by atoms with Gasteiger partial charge in [-0.15, -0.1) is 0 Å². The van der Waals surface area contributed by atoms with E-state index in [0.29, 0.717) is 18.3 Å². The van der Waals surface area contributed by atoms with Crippen LogP contribution in [0.4, 0.5) is 0 Å². The fourth-order valence-corrected chi connectivity index (χ4v) is 5.01. The molecule has 0 bridgehead atoms. The first kappa shape index (κ1) is 16.3. The molecule has 0 heterocycles. The summed E-state index contributed by atoms with van der Waals surface area (Å²) in [6, 6.07) is 0. The van der Waals surface area contributed by atoms with Gasteiger partial charge >= 0.3 is 0 Å². The van der Waals surface area contributed by atoms with Gasteiger partial charge in [-0.25, -0.2) is 0 Å². The Labute approximate surface area is 125 Å². The first-order valence-electron chi connectivity index (χ1n) is 8.97. The maximum atomic E-state index is 10.9. The molecule has 0 saturated heterocycles. The van der Waals surface area contributed by atoms with Crippen molar-refractivity contribution in [1.82, 2.24) is 0 Å². The van der Waals surface area contributed by atoms with Gasteiger partial charge in [-0.1, -0.05) is 58.8 Å². The summed E-state index contributed by atoms with van der Waals surface area (Å²) in [6.45, 7) is 4.26. The van der Waals surface area contributed by atoms with Crippen LogP contribution in [0.3, 0.4) is 0 Å². The van der Waals surface area contributed by atoms with E-state index in [0.717, 1.165) is 6.42 Å². The molecule has 2 N–H and O–H groups in total. The van der Waals surface area contributed by atoms with Gasteiger partial charge in [0.2, 0.25) is 0 Å². The molecule has 2 aliphatic rings. The molecule has 2 aliphatic carbocycles. The van der Waals surface area contributed by atoms with Crippen LogP contribution in [0.25, 0.3) is 0 Å². The standard InChI is InChI=1S/C18H34O2/c1-3-14-18(19,20)17(2,15-10-6-4-7-11-15)16-12-8-5-9-13-16/h15-16,19-20H,3-14H2,1-2H3. The van der Waals surface area contributed by atoms with Crippen molar-refractivity contribution in [3.63, 3.8) is 0 Å². The second kappa shape index (κ2) is 6.79. The van der Waals surface area contributed by atoms with Gasteiger partial charge in [0.1, 0.15) is 0 Å². The summed E-state index contributed by atoms with van der Waals surface area (Å²) in [5, 5.41) is 21.8. The maximum Gasteiger partial charge on any atom is 0.168 e. The van der Waals surface area contributed by atoms with Crippen LogP contribution in [0.5, 0.6) is 0 Å². The summed E-state index contributed by atoms with van der Waals surface area (Å²) in [4.78, 5) is 0. The Bertz CT molecular complexity index is 268. The van der Waals surface area contributed by atoms with Crippen molar-refractivity contribution in [3.05, 3.63) is 0 Å². The molecule has 0 aromatic carbocycles. The van der Waals surface area contributed by atoms with E-state index in [4.69, 9.17) is 0 Å². The van der Waals surface area contributed by atoms with E-state index < -0.39 is 5.79 Å². The van der Waals surface area contributed by atoms with Gasteiger partial charge in [-0.2, -0.15) is 0 Å². The minimum Gasteiger partial charge on any atom is -0.365 e. The molecular weight excluding hydrogens is 248 g/mol. The molecule has 0 aromatic rings. The summed E-state index contributed by atoms with van der Waals surface area (Å²) >= 11 is 0. The Morgan fingerprint density at radius 2 is 1.20 bits per heavy atom. The topological polar surface area (TPSA) is 40.5 Å². The fourth-order valence-electron chi connectivity index (χ4n) is 5.01. The lowest BCUT2D eigenvalue weighted by Crippen LogP contribution is -2.56. The number of hydrogen-bond acceptors (Lipinski definition) is 2. The van der Waals surface area contributed by atoms with Crippen molar-refractivity contribution < 1.29 is 10.2 Å². The van der Waals surface area contributed by atoms with Crippen molar-refractivity contribution in [2.24, 2.45) is 17.3 Å². The van der Waals surface area contributed by atoms with E-state index in [9.17, 15) is 10.2 Å². The first-order chi connectivity index (χ1) is 9.52. The minimum absolute atomic E-state index is 0.302. The molecule has 2 nitrogen and oxygen atoms in total. The van der Waals surface area contributed by atoms with Gasteiger partial charge in [0.25, 0.3) is 0 Å². The SMILES string of the molecule is CCCC(O)(O)C(C)(C1CCCCC1)C1CCCCC1. The minimum atomic E-state index is -1.48. The second-order valence-corrected chi connectivity index (χ2v) is 7.52. The van der Waals surface area contributed by atoms with Gasteiger partial charge in [0, 0.05) is 11.8 Å². The van der Waals surface area contributed by atoms with Gasteiger partial charge < -0.3 is 10.2 Å². The van der Waals surface area contributed by atoms with Crippen molar-refractivity contribution in [1.29, 1.82) is 0 Å². The molecule has 0 amide bonds. The maximum absolute atomic E-state index is 10.9. The zero-order valence-electron chi connectivity index (χ0n) is 13.5. The molecule has 20 heavy (non-hydrogen) atoms. The van der Waals surface area contributed by atoms with Crippen LogP contribution < -0.4 is 0 Å². The number of aliphatic hydroxyl groups is 2. The molecule has 118 valence electrons. The highest BCUT2D eigenvalue weighted by molar-refractivity contribution is 4.99. The number of rotatable bonds is 5. The smallest absolute Gasteiger partial charge is 0.168 e. The van der Waals surface area contributed by atoms with Crippen molar-refractivity contribution in [2.75, 3.05) is 0 Å². The zero-order valence-corrected chi connectivity index (χ0v) is 13.5. The van der Waals surface area contributed by atoms with E-state index in [1.165, 1.54) is 64.2 Å². The van der Waals surface area contributed by atoms with Crippen LogP contribution in [0, 0.1) is 17.3 Å². The van der Waals surface area contributed by atoms with Gasteiger partial charge in [-0.3, -0.25) is 0 Å². The van der Waals surface area contributed by atoms with Crippen LogP contribution in [0.15, 0.2) is 0 Å². The molecule has 0 aliphatic heterocycles. The predicted octanol–water partition coefficient (Wildman–Crippen LogP) is 4.63. The third-order valence-electron chi connectivity index (χ3n) is 6.37. The highest BCUT2D eigenvalue weighted by Gasteiger charge is 2.54. The molecular formula is C18H34O2. The Morgan fingerprint density at radius 3 is 1.55 bits per heavy atom. The van der Waals surface area contributed by atoms with E-state index in [1.54, 1.807) is 0 Å². The lowest BCUT2D eigenvalue weighted by molar-refractivity contribution is -0.281. The molecule has 0 radical (unpaired) electrons. The van der Waals surface area contributed by atoms with Crippen LogP contribution in [0.1, 0.15) is 90.9 Å². The normalized spacial score (nSPS) is 24.0. The van der Waals surface area contributed by atoms with E-state index >= 15 is 0 Å². The highest BCUT2D eigenvalue weighted by Crippen LogP contribution is 2.54. The van der Waals surface area contributed by atoms with Gasteiger partial charge in [0.15, 0.2) is 5.79 Å². The average Bonchev–Trinajstić information content (AvgIpc) is 2.48. The van der Waals surface area contributed by atoms with Gasteiger partial charge in [0.05, 0.1) is 0 Å². The summed E-state index contributed by atoms with van der Waals surface area (Å²) in [5.41, 5.74) is -0.302. The molecule has 2 rings (SSSR count). The Kier molecular flexibility index (Phi) is 5.53. The lowest BCUT2D eigenvalue weighted by atomic mass is 9.55. The molecule has 2 fully saturated rings. The number of hydrogen-bond donors (Lipinski definition) is 2. The third kappa shape index (κ3) is 3.06. The zero-order chi connectivity index (χ0) is 14.6. The van der Waals surface area contributed by atoms with Crippen molar-refractivity contribution >= 4 is 0 Å². The average molecular weight is 282 g/mol. The van der Waals surface area contributed by atoms with Crippen molar-refractivity contribution in [3.8, 4) is 0 Å². The van der Waals surface area contributed by atoms with Crippen LogP contribution in [0.2, 0.25) is 0 Å². The summed E-state index contributed by atoms with van der Waals surface area (Å²) in [6.07, 6.45) is 13.9. The molecule has 2 saturated carbocycles.